The molecule has 0 bridgehead atoms. The first-order valence-electron chi connectivity index (χ1n) is 7.83. The van der Waals surface area contributed by atoms with Crippen molar-refractivity contribution in [3.05, 3.63) is 35.4 Å². The maximum atomic E-state index is 10.9. The van der Waals surface area contributed by atoms with Gasteiger partial charge in [0.2, 0.25) is 0 Å². The van der Waals surface area contributed by atoms with E-state index in [-0.39, 0.29) is 0 Å². The summed E-state index contributed by atoms with van der Waals surface area (Å²) in [6.07, 6.45) is 2.64. The number of carboxylic acids is 1. The summed E-state index contributed by atoms with van der Waals surface area (Å²) in [5, 5.41) is 12.4. The Morgan fingerprint density at radius 1 is 1.52 bits per heavy atom. The average Bonchev–Trinajstić information content (AvgIpc) is 2.47. The van der Waals surface area contributed by atoms with Crippen molar-refractivity contribution in [2.45, 2.75) is 39.3 Å². The lowest BCUT2D eigenvalue weighted by Crippen LogP contribution is -2.45. The Balaban J connectivity index is 1.78. The number of rotatable bonds is 6. The van der Waals surface area contributed by atoms with E-state index < -0.39 is 5.97 Å². The highest BCUT2D eigenvalue weighted by Crippen LogP contribution is 2.17. The number of hydrogen-bond donors (Lipinski definition) is 2. The Morgan fingerprint density at radius 3 is 3.05 bits per heavy atom. The largest absolute Gasteiger partial charge is 0.478 e. The summed E-state index contributed by atoms with van der Waals surface area (Å²) in [5.41, 5.74) is 1.38. The number of carbonyl (C=O) groups is 1. The van der Waals surface area contributed by atoms with Crippen LogP contribution in [0.2, 0.25) is 0 Å². The molecule has 1 aromatic carbocycles. The number of piperidine rings is 1. The molecule has 0 radical (unpaired) electrons. The second kappa shape index (κ2) is 7.57. The highest BCUT2D eigenvalue weighted by Gasteiger charge is 2.20. The van der Waals surface area contributed by atoms with Crippen molar-refractivity contribution < 1.29 is 9.90 Å². The lowest BCUT2D eigenvalue weighted by atomic mass is 9.99. The molecule has 0 spiro atoms. The fourth-order valence-electron chi connectivity index (χ4n) is 2.99. The average molecular weight is 290 g/mol. The van der Waals surface area contributed by atoms with Crippen LogP contribution in [0.15, 0.2) is 24.3 Å². The number of benzene rings is 1. The number of aromatic carboxylic acids is 1. The number of hydrogen-bond acceptors (Lipinski definition) is 3. The molecule has 4 heteroatoms. The van der Waals surface area contributed by atoms with E-state index in [9.17, 15) is 4.79 Å². The zero-order valence-electron chi connectivity index (χ0n) is 13.0. The smallest absolute Gasteiger partial charge is 0.335 e. The molecule has 1 aliphatic rings. The van der Waals surface area contributed by atoms with E-state index in [2.05, 4.69) is 24.1 Å². The van der Waals surface area contributed by atoms with E-state index >= 15 is 0 Å². The summed E-state index contributed by atoms with van der Waals surface area (Å²) in [7, 11) is 0. The Kier molecular flexibility index (Phi) is 5.76. The SMILES string of the molecule is CC1CCCN(C(C)CNCc2cccc(C(=O)O)c2)C1. The van der Waals surface area contributed by atoms with Crippen molar-refractivity contribution >= 4 is 5.97 Å². The molecular weight excluding hydrogens is 264 g/mol. The van der Waals surface area contributed by atoms with Crippen LogP contribution in [0.3, 0.4) is 0 Å². The monoisotopic (exact) mass is 290 g/mol. The minimum Gasteiger partial charge on any atom is -0.478 e. The highest BCUT2D eigenvalue weighted by atomic mass is 16.4. The van der Waals surface area contributed by atoms with E-state index in [4.69, 9.17) is 5.11 Å². The summed E-state index contributed by atoms with van der Waals surface area (Å²) in [4.78, 5) is 13.5. The van der Waals surface area contributed by atoms with E-state index in [1.54, 1.807) is 18.2 Å². The zero-order chi connectivity index (χ0) is 15.2. The fourth-order valence-corrected chi connectivity index (χ4v) is 2.99. The summed E-state index contributed by atoms with van der Waals surface area (Å²) >= 11 is 0. The minimum atomic E-state index is -0.868. The Bertz CT molecular complexity index is 476. The van der Waals surface area contributed by atoms with Gasteiger partial charge < -0.3 is 10.4 Å². The maximum Gasteiger partial charge on any atom is 0.335 e. The van der Waals surface area contributed by atoms with Crippen molar-refractivity contribution in [2.75, 3.05) is 19.6 Å². The van der Waals surface area contributed by atoms with E-state index in [0.29, 0.717) is 11.6 Å². The number of likely N-dealkylation sites (tertiary alicyclic amines) is 1. The van der Waals surface area contributed by atoms with Gasteiger partial charge in [0, 0.05) is 25.7 Å². The van der Waals surface area contributed by atoms with Crippen molar-refractivity contribution in [2.24, 2.45) is 5.92 Å². The van der Waals surface area contributed by atoms with Gasteiger partial charge in [0.15, 0.2) is 0 Å². The van der Waals surface area contributed by atoms with Gasteiger partial charge in [0.05, 0.1) is 5.56 Å². The van der Waals surface area contributed by atoms with Gasteiger partial charge in [-0.2, -0.15) is 0 Å². The molecule has 0 saturated carbocycles. The highest BCUT2D eigenvalue weighted by molar-refractivity contribution is 5.87. The van der Waals surface area contributed by atoms with E-state index in [1.165, 1.54) is 25.9 Å². The molecule has 1 saturated heterocycles. The van der Waals surface area contributed by atoms with Gasteiger partial charge in [-0.05, 0) is 49.9 Å². The Labute approximate surface area is 127 Å². The van der Waals surface area contributed by atoms with Crippen LogP contribution in [0.1, 0.15) is 42.6 Å². The first kappa shape index (κ1) is 16.0. The molecule has 4 nitrogen and oxygen atoms in total. The van der Waals surface area contributed by atoms with Crippen LogP contribution in [0.25, 0.3) is 0 Å². The van der Waals surface area contributed by atoms with Crippen molar-refractivity contribution in [3.8, 4) is 0 Å². The van der Waals surface area contributed by atoms with Crippen molar-refractivity contribution in [1.82, 2.24) is 10.2 Å². The Morgan fingerprint density at radius 2 is 2.33 bits per heavy atom. The molecule has 1 aliphatic heterocycles. The lowest BCUT2D eigenvalue weighted by molar-refractivity contribution is 0.0696. The quantitative estimate of drug-likeness (QED) is 0.845. The summed E-state index contributed by atoms with van der Waals surface area (Å²) in [6, 6.07) is 7.66. The Hall–Kier alpha value is -1.39. The standard InChI is InChI=1S/C17H26N2O2/c1-13-5-4-8-19(12-13)14(2)10-18-11-15-6-3-7-16(9-15)17(20)21/h3,6-7,9,13-14,18H,4-5,8,10-12H2,1-2H3,(H,20,21). The minimum absolute atomic E-state index is 0.354. The van der Waals surface area contributed by atoms with Gasteiger partial charge in [-0.25, -0.2) is 4.79 Å². The molecule has 0 amide bonds. The molecular formula is C17H26N2O2. The molecule has 1 fully saturated rings. The third kappa shape index (κ3) is 4.83. The zero-order valence-corrected chi connectivity index (χ0v) is 13.0. The molecule has 116 valence electrons. The van der Waals surface area contributed by atoms with Crippen LogP contribution in [0.4, 0.5) is 0 Å². The van der Waals surface area contributed by atoms with Crippen molar-refractivity contribution in [1.29, 1.82) is 0 Å². The molecule has 0 aliphatic carbocycles. The first-order chi connectivity index (χ1) is 10.1. The maximum absolute atomic E-state index is 10.9. The van der Waals surface area contributed by atoms with Crippen LogP contribution in [-0.2, 0) is 6.54 Å². The summed E-state index contributed by atoms with van der Waals surface area (Å²) < 4.78 is 0. The van der Waals surface area contributed by atoms with Crippen LogP contribution < -0.4 is 5.32 Å². The topological polar surface area (TPSA) is 52.6 Å². The van der Waals surface area contributed by atoms with Crippen LogP contribution >= 0.6 is 0 Å². The molecule has 2 N–H and O–H groups in total. The second-order valence-corrected chi connectivity index (χ2v) is 6.23. The van der Waals surface area contributed by atoms with Gasteiger partial charge >= 0.3 is 5.97 Å². The number of nitrogens with zero attached hydrogens (tertiary/aromatic N) is 1. The van der Waals surface area contributed by atoms with Gasteiger partial charge in [0.1, 0.15) is 0 Å². The van der Waals surface area contributed by atoms with Crippen LogP contribution in [-0.4, -0.2) is 41.7 Å². The van der Waals surface area contributed by atoms with Gasteiger partial charge in [-0.15, -0.1) is 0 Å². The lowest BCUT2D eigenvalue weighted by Gasteiger charge is -2.35. The normalized spacial score (nSPS) is 21.1. The van der Waals surface area contributed by atoms with Crippen LogP contribution in [0, 0.1) is 5.92 Å². The predicted molar refractivity (Wildman–Crippen MR) is 84.5 cm³/mol. The molecule has 1 heterocycles. The summed E-state index contributed by atoms with van der Waals surface area (Å²) in [6.45, 7) is 8.63. The van der Waals surface area contributed by atoms with Gasteiger partial charge in [-0.3, -0.25) is 4.90 Å². The summed E-state index contributed by atoms with van der Waals surface area (Å²) in [5.74, 6) is -0.0685. The van der Waals surface area contributed by atoms with Crippen molar-refractivity contribution in [3.63, 3.8) is 0 Å². The molecule has 0 aromatic heterocycles. The van der Waals surface area contributed by atoms with E-state index in [0.717, 1.165) is 24.6 Å². The molecule has 2 rings (SSSR count). The molecule has 2 unspecified atom stereocenters. The van der Waals surface area contributed by atoms with E-state index in [1.807, 2.05) is 6.07 Å². The molecule has 1 aromatic rings. The van der Waals surface area contributed by atoms with Gasteiger partial charge in [0.25, 0.3) is 0 Å². The third-order valence-corrected chi connectivity index (χ3v) is 4.25. The van der Waals surface area contributed by atoms with Crippen LogP contribution in [0.5, 0.6) is 0 Å². The predicted octanol–water partition coefficient (Wildman–Crippen LogP) is 2.59. The molecule has 2 atom stereocenters. The number of nitrogens with one attached hydrogen (secondary N) is 1. The second-order valence-electron chi connectivity index (χ2n) is 6.23. The number of carboxylic acid groups (broad SMARTS) is 1. The fraction of sp³-hybridized carbons (Fsp3) is 0.588. The first-order valence-corrected chi connectivity index (χ1v) is 7.83. The third-order valence-electron chi connectivity index (χ3n) is 4.25. The molecule has 21 heavy (non-hydrogen) atoms. The van der Waals surface area contributed by atoms with Gasteiger partial charge in [-0.1, -0.05) is 19.1 Å².